The molecule has 8 rings (SSSR count). The minimum absolute atomic E-state index is 0.0711. The average Bonchev–Trinajstić information content (AvgIpc) is 3.84. The van der Waals surface area contributed by atoms with Crippen LogP contribution in [0.1, 0.15) is 102 Å². The topological polar surface area (TPSA) is 98.7 Å². The van der Waals surface area contributed by atoms with Crippen LogP contribution in [0.2, 0.25) is 0 Å². The Hall–Kier alpha value is -4.72. The van der Waals surface area contributed by atoms with Crippen LogP contribution in [0.5, 0.6) is 11.5 Å². The SMILES string of the molecule is Cc1cc2c(c(C)c1F)NC(=O)C2(c1ccc(O)cc1)C1CCCC1.Cc1cc2c(c(C)c1F)NC(=O)C2(c1ccc(O)cc1)C1CCCCC1. The molecule has 0 spiro atoms. The molecule has 2 aliphatic heterocycles. The molecule has 4 aromatic carbocycles. The molecule has 0 radical (unpaired) electrons. The van der Waals surface area contributed by atoms with Crippen LogP contribution in [0.4, 0.5) is 20.2 Å². The number of phenols is 2. The molecular weight excluding hydrogens is 646 g/mol. The quantitative estimate of drug-likeness (QED) is 0.171. The molecule has 0 saturated heterocycles. The van der Waals surface area contributed by atoms with Gasteiger partial charge in [0, 0.05) is 11.1 Å². The van der Waals surface area contributed by atoms with Crippen LogP contribution >= 0.6 is 0 Å². The second-order valence-electron chi connectivity index (χ2n) is 15.0. The van der Waals surface area contributed by atoms with Crippen molar-refractivity contribution in [3.8, 4) is 11.5 Å². The number of hydrogen-bond acceptors (Lipinski definition) is 4. The predicted octanol–water partition coefficient (Wildman–Crippen LogP) is 9.54. The molecule has 2 amide bonds. The minimum Gasteiger partial charge on any atom is -0.508 e. The highest BCUT2D eigenvalue weighted by molar-refractivity contribution is 6.10. The van der Waals surface area contributed by atoms with Crippen LogP contribution in [-0.4, -0.2) is 22.0 Å². The third kappa shape index (κ3) is 5.32. The van der Waals surface area contributed by atoms with E-state index in [-0.39, 0.29) is 46.8 Å². The van der Waals surface area contributed by atoms with Gasteiger partial charge in [0.15, 0.2) is 0 Å². The van der Waals surface area contributed by atoms with Gasteiger partial charge in [0.25, 0.3) is 0 Å². The van der Waals surface area contributed by atoms with Crippen LogP contribution in [0, 0.1) is 51.2 Å². The third-order valence-electron chi connectivity index (χ3n) is 12.2. The fourth-order valence-electron chi connectivity index (χ4n) is 9.73. The number of amides is 2. The normalized spacial score (nSPS) is 22.9. The van der Waals surface area contributed by atoms with Crippen molar-refractivity contribution in [2.75, 3.05) is 10.6 Å². The number of aryl methyl sites for hydroxylation is 2. The molecule has 2 atom stereocenters. The van der Waals surface area contributed by atoms with E-state index in [1.807, 2.05) is 36.4 Å². The summed E-state index contributed by atoms with van der Waals surface area (Å²) >= 11 is 0. The van der Waals surface area contributed by atoms with Crippen LogP contribution < -0.4 is 10.6 Å². The van der Waals surface area contributed by atoms with Gasteiger partial charge in [-0.3, -0.25) is 9.59 Å². The maximum atomic E-state index is 14.5. The Labute approximate surface area is 298 Å². The zero-order valence-corrected chi connectivity index (χ0v) is 29.8. The fourth-order valence-corrected chi connectivity index (χ4v) is 9.73. The van der Waals surface area contributed by atoms with Crippen molar-refractivity contribution in [1.82, 2.24) is 0 Å². The van der Waals surface area contributed by atoms with Gasteiger partial charge in [0.2, 0.25) is 11.8 Å². The van der Waals surface area contributed by atoms with Gasteiger partial charge in [-0.15, -0.1) is 0 Å². The number of phenolic OH excluding ortho intramolecular Hbond substituents is 2. The summed E-state index contributed by atoms with van der Waals surface area (Å²) in [6.07, 6.45) is 9.51. The van der Waals surface area contributed by atoms with E-state index in [0.29, 0.717) is 33.6 Å². The summed E-state index contributed by atoms with van der Waals surface area (Å²) in [6.45, 7) is 6.97. The van der Waals surface area contributed by atoms with Crippen molar-refractivity contribution in [3.05, 3.63) is 117 Å². The summed E-state index contributed by atoms with van der Waals surface area (Å²) in [7, 11) is 0. The smallest absolute Gasteiger partial charge is 0.239 e. The zero-order valence-electron chi connectivity index (χ0n) is 29.8. The summed E-state index contributed by atoms with van der Waals surface area (Å²) in [5.41, 5.74) is 5.28. The van der Waals surface area contributed by atoms with Gasteiger partial charge in [-0.25, -0.2) is 8.78 Å². The summed E-state index contributed by atoms with van der Waals surface area (Å²) in [6, 6.07) is 17.5. The standard InChI is InChI=1S/C22H24FNO2.C21H22FNO2/c1-13-12-18-20(14(2)19(13)23)24-21(26)22(18,15-6-4-3-5-7-15)16-8-10-17(25)11-9-16;1-12-11-17-19(13(2)18(12)22)23-20(25)21(17,14-5-3-4-6-14)15-7-9-16(24)10-8-15/h8-12,15,25H,3-7H2,1-2H3,(H,24,26);7-11,14,24H,3-6H2,1-2H3,(H,23,25). The van der Waals surface area contributed by atoms with E-state index >= 15 is 0 Å². The molecule has 51 heavy (non-hydrogen) atoms. The minimum atomic E-state index is -0.813. The Kier molecular flexibility index (Phi) is 8.93. The molecule has 8 heteroatoms. The molecule has 2 unspecified atom stereocenters. The molecule has 4 aromatic rings. The van der Waals surface area contributed by atoms with Crippen molar-refractivity contribution in [2.24, 2.45) is 11.8 Å². The summed E-state index contributed by atoms with van der Waals surface area (Å²) < 4.78 is 28.9. The van der Waals surface area contributed by atoms with Crippen LogP contribution in [0.15, 0.2) is 60.7 Å². The first-order valence-electron chi connectivity index (χ1n) is 18.2. The highest BCUT2D eigenvalue weighted by atomic mass is 19.1. The Morgan fingerprint density at radius 1 is 0.569 bits per heavy atom. The van der Waals surface area contributed by atoms with Gasteiger partial charge in [0.1, 0.15) is 34.0 Å². The largest absolute Gasteiger partial charge is 0.508 e. The van der Waals surface area contributed by atoms with Crippen molar-refractivity contribution in [2.45, 2.75) is 96.3 Å². The van der Waals surface area contributed by atoms with E-state index in [4.69, 9.17) is 0 Å². The number of fused-ring (bicyclic) bond motifs is 2. The molecule has 2 saturated carbocycles. The lowest BCUT2D eigenvalue weighted by Crippen LogP contribution is -2.43. The summed E-state index contributed by atoms with van der Waals surface area (Å²) in [4.78, 5) is 26.7. The van der Waals surface area contributed by atoms with Gasteiger partial charge in [-0.1, -0.05) is 56.4 Å². The maximum Gasteiger partial charge on any atom is 0.239 e. The molecule has 2 fully saturated rings. The molecule has 4 N–H and O–H groups in total. The molecular formula is C43H46F2N2O4. The Morgan fingerprint density at radius 2 is 0.902 bits per heavy atom. The first-order valence-corrected chi connectivity index (χ1v) is 18.2. The van der Waals surface area contributed by atoms with E-state index in [2.05, 4.69) is 10.6 Å². The first kappa shape index (κ1) is 34.7. The first-order chi connectivity index (χ1) is 24.4. The van der Waals surface area contributed by atoms with Crippen molar-refractivity contribution >= 4 is 23.2 Å². The number of benzene rings is 4. The number of anilines is 2. The number of nitrogens with one attached hydrogen (secondary N) is 2. The lowest BCUT2D eigenvalue weighted by Gasteiger charge is -2.39. The molecule has 0 aromatic heterocycles. The monoisotopic (exact) mass is 692 g/mol. The molecule has 4 aliphatic rings. The second kappa shape index (κ2) is 13.1. The molecule has 2 aliphatic carbocycles. The summed E-state index contributed by atoms with van der Waals surface area (Å²) in [5, 5.41) is 25.4. The van der Waals surface area contributed by atoms with Crippen LogP contribution in [-0.2, 0) is 20.4 Å². The van der Waals surface area contributed by atoms with Crippen molar-refractivity contribution < 1.29 is 28.6 Å². The van der Waals surface area contributed by atoms with E-state index in [0.717, 1.165) is 73.6 Å². The third-order valence-corrected chi connectivity index (χ3v) is 12.2. The number of carbonyl (C=O) groups excluding carboxylic acids is 2. The molecule has 6 nitrogen and oxygen atoms in total. The highest BCUT2D eigenvalue weighted by Gasteiger charge is 2.55. The van der Waals surface area contributed by atoms with E-state index in [1.54, 1.807) is 52.0 Å². The van der Waals surface area contributed by atoms with Gasteiger partial charge in [-0.05, 0) is 135 Å². The Balaban J connectivity index is 0.000000159. The maximum absolute atomic E-state index is 14.5. The van der Waals surface area contributed by atoms with Crippen molar-refractivity contribution in [1.29, 1.82) is 0 Å². The van der Waals surface area contributed by atoms with Gasteiger partial charge in [-0.2, -0.15) is 0 Å². The average molecular weight is 693 g/mol. The van der Waals surface area contributed by atoms with E-state index in [1.165, 1.54) is 6.42 Å². The number of halogens is 2. The summed E-state index contributed by atoms with van der Waals surface area (Å²) in [5.74, 6) is 0.0504. The fraction of sp³-hybridized carbons (Fsp3) is 0.395. The lowest BCUT2D eigenvalue weighted by atomic mass is 9.62. The van der Waals surface area contributed by atoms with Crippen molar-refractivity contribution in [3.63, 3.8) is 0 Å². The van der Waals surface area contributed by atoms with E-state index in [9.17, 15) is 28.6 Å². The number of carbonyl (C=O) groups is 2. The second-order valence-corrected chi connectivity index (χ2v) is 15.0. The Bertz CT molecular complexity index is 2010. The zero-order chi connectivity index (χ0) is 36.2. The number of rotatable bonds is 4. The number of hydrogen-bond donors (Lipinski definition) is 4. The van der Waals surface area contributed by atoms with Crippen LogP contribution in [0.3, 0.4) is 0 Å². The van der Waals surface area contributed by atoms with Gasteiger partial charge >= 0.3 is 0 Å². The molecule has 0 bridgehead atoms. The van der Waals surface area contributed by atoms with E-state index < -0.39 is 10.8 Å². The highest BCUT2D eigenvalue weighted by Crippen LogP contribution is 2.55. The molecule has 266 valence electrons. The number of aromatic hydroxyl groups is 2. The Morgan fingerprint density at radius 3 is 1.25 bits per heavy atom. The van der Waals surface area contributed by atoms with Gasteiger partial charge in [0.05, 0.1) is 11.4 Å². The molecule has 2 heterocycles. The van der Waals surface area contributed by atoms with Gasteiger partial charge < -0.3 is 20.8 Å². The van der Waals surface area contributed by atoms with Crippen LogP contribution in [0.25, 0.3) is 0 Å². The lowest BCUT2D eigenvalue weighted by molar-refractivity contribution is -0.122. The predicted molar refractivity (Wildman–Crippen MR) is 195 cm³/mol.